The largest absolute Gasteiger partial charge is 0.493 e. The van der Waals surface area contributed by atoms with Gasteiger partial charge in [-0.25, -0.2) is 0 Å². The molecule has 0 aliphatic heterocycles. The van der Waals surface area contributed by atoms with Crippen molar-refractivity contribution in [2.24, 2.45) is 5.73 Å². The highest BCUT2D eigenvalue weighted by Crippen LogP contribution is 2.29. The zero-order valence-electron chi connectivity index (χ0n) is 11.6. The van der Waals surface area contributed by atoms with Crippen molar-refractivity contribution < 1.29 is 17.9 Å². The molecule has 0 aromatic heterocycles. The topological polar surface area (TPSA) is 35.2 Å². The van der Waals surface area contributed by atoms with Crippen LogP contribution in [0.2, 0.25) is 0 Å². The van der Waals surface area contributed by atoms with E-state index in [1.54, 1.807) is 6.07 Å². The number of hydrogen-bond acceptors (Lipinski definition) is 2. The summed E-state index contributed by atoms with van der Waals surface area (Å²) < 4.78 is 41.9. The SMILES string of the molecule is NCCc1c(OCCCC(F)(F)F)ccc2ccccc12. The molecule has 2 rings (SSSR count). The van der Waals surface area contributed by atoms with Crippen molar-refractivity contribution >= 4 is 10.8 Å². The van der Waals surface area contributed by atoms with Crippen molar-refractivity contribution in [3.8, 4) is 5.75 Å². The van der Waals surface area contributed by atoms with E-state index in [9.17, 15) is 13.2 Å². The van der Waals surface area contributed by atoms with E-state index in [1.807, 2.05) is 30.3 Å². The van der Waals surface area contributed by atoms with E-state index in [0.29, 0.717) is 18.7 Å². The molecule has 0 fully saturated rings. The summed E-state index contributed by atoms with van der Waals surface area (Å²) in [5.41, 5.74) is 6.59. The van der Waals surface area contributed by atoms with Crippen LogP contribution in [0, 0.1) is 0 Å². The molecule has 0 heterocycles. The van der Waals surface area contributed by atoms with Gasteiger partial charge in [-0.1, -0.05) is 30.3 Å². The lowest BCUT2D eigenvalue weighted by atomic mass is 10.0. The summed E-state index contributed by atoms with van der Waals surface area (Å²) in [6.07, 6.45) is -4.37. The number of nitrogens with two attached hydrogens (primary N) is 1. The first-order chi connectivity index (χ1) is 10.0. The van der Waals surface area contributed by atoms with Crippen LogP contribution < -0.4 is 10.5 Å². The maximum Gasteiger partial charge on any atom is 0.389 e. The molecule has 114 valence electrons. The van der Waals surface area contributed by atoms with Crippen LogP contribution in [0.15, 0.2) is 36.4 Å². The van der Waals surface area contributed by atoms with Gasteiger partial charge in [0.1, 0.15) is 5.75 Å². The first-order valence-electron chi connectivity index (χ1n) is 6.91. The van der Waals surface area contributed by atoms with Gasteiger partial charge in [-0.05, 0) is 36.2 Å². The van der Waals surface area contributed by atoms with Gasteiger partial charge in [0.15, 0.2) is 0 Å². The fourth-order valence-electron chi connectivity index (χ4n) is 2.31. The van der Waals surface area contributed by atoms with E-state index in [2.05, 4.69) is 0 Å². The Morgan fingerprint density at radius 1 is 1.05 bits per heavy atom. The molecule has 2 aromatic rings. The molecule has 0 atom stereocenters. The minimum absolute atomic E-state index is 0.0433. The molecule has 0 unspecified atom stereocenters. The summed E-state index contributed by atoms with van der Waals surface area (Å²) in [4.78, 5) is 0. The molecular weight excluding hydrogens is 279 g/mol. The van der Waals surface area contributed by atoms with E-state index < -0.39 is 12.6 Å². The highest BCUT2D eigenvalue weighted by atomic mass is 19.4. The van der Waals surface area contributed by atoms with E-state index >= 15 is 0 Å². The Hall–Kier alpha value is -1.75. The van der Waals surface area contributed by atoms with Gasteiger partial charge in [0, 0.05) is 12.0 Å². The quantitative estimate of drug-likeness (QED) is 0.816. The molecular formula is C16H18F3NO. The second-order valence-electron chi connectivity index (χ2n) is 4.87. The second kappa shape index (κ2) is 6.80. The summed E-state index contributed by atoms with van der Waals surface area (Å²) in [5.74, 6) is 0.626. The maximum absolute atomic E-state index is 12.1. The average molecular weight is 297 g/mol. The second-order valence-corrected chi connectivity index (χ2v) is 4.87. The molecule has 2 N–H and O–H groups in total. The van der Waals surface area contributed by atoms with Crippen LogP contribution in [0.3, 0.4) is 0 Å². The lowest BCUT2D eigenvalue weighted by molar-refractivity contribution is -0.136. The zero-order chi connectivity index (χ0) is 15.3. The molecule has 0 saturated carbocycles. The van der Waals surface area contributed by atoms with Crippen molar-refractivity contribution in [3.63, 3.8) is 0 Å². The first-order valence-corrected chi connectivity index (χ1v) is 6.91. The van der Waals surface area contributed by atoms with Crippen LogP contribution in [-0.2, 0) is 6.42 Å². The van der Waals surface area contributed by atoms with Crippen molar-refractivity contribution in [1.29, 1.82) is 0 Å². The Bertz CT molecular complexity index is 596. The van der Waals surface area contributed by atoms with Gasteiger partial charge >= 0.3 is 6.18 Å². The van der Waals surface area contributed by atoms with E-state index in [-0.39, 0.29) is 13.0 Å². The third-order valence-corrected chi connectivity index (χ3v) is 3.25. The lowest BCUT2D eigenvalue weighted by Crippen LogP contribution is -2.11. The molecule has 0 aliphatic carbocycles. The Labute approximate surface area is 121 Å². The normalized spacial score (nSPS) is 11.8. The van der Waals surface area contributed by atoms with E-state index in [4.69, 9.17) is 10.5 Å². The number of benzene rings is 2. The smallest absolute Gasteiger partial charge is 0.389 e. The summed E-state index contributed by atoms with van der Waals surface area (Å²) in [6, 6.07) is 11.6. The molecule has 0 aliphatic rings. The summed E-state index contributed by atoms with van der Waals surface area (Å²) >= 11 is 0. The Morgan fingerprint density at radius 2 is 1.81 bits per heavy atom. The van der Waals surface area contributed by atoms with E-state index in [0.717, 1.165) is 16.3 Å². The molecule has 2 aromatic carbocycles. The van der Waals surface area contributed by atoms with E-state index in [1.165, 1.54) is 0 Å². The Kier molecular flexibility index (Phi) is 5.07. The first kappa shape index (κ1) is 15.6. The summed E-state index contributed by atoms with van der Waals surface area (Å²) in [5, 5.41) is 2.11. The fraction of sp³-hybridized carbons (Fsp3) is 0.375. The monoisotopic (exact) mass is 297 g/mol. The average Bonchev–Trinajstić information content (AvgIpc) is 2.44. The van der Waals surface area contributed by atoms with Crippen molar-refractivity contribution in [2.75, 3.05) is 13.2 Å². The van der Waals surface area contributed by atoms with Crippen LogP contribution in [0.1, 0.15) is 18.4 Å². The number of alkyl halides is 3. The maximum atomic E-state index is 12.1. The number of hydrogen-bond donors (Lipinski definition) is 1. The molecule has 2 nitrogen and oxygen atoms in total. The molecule has 0 radical (unpaired) electrons. The van der Waals surface area contributed by atoms with Gasteiger partial charge in [-0.2, -0.15) is 13.2 Å². The minimum Gasteiger partial charge on any atom is -0.493 e. The summed E-state index contributed by atoms with van der Waals surface area (Å²) in [7, 11) is 0. The van der Waals surface area contributed by atoms with Crippen LogP contribution in [0.4, 0.5) is 13.2 Å². The highest BCUT2D eigenvalue weighted by Gasteiger charge is 2.26. The molecule has 0 bridgehead atoms. The lowest BCUT2D eigenvalue weighted by Gasteiger charge is -2.14. The summed E-state index contributed by atoms with van der Waals surface area (Å²) in [6.45, 7) is 0.516. The van der Waals surface area contributed by atoms with Gasteiger partial charge in [-0.3, -0.25) is 0 Å². The minimum atomic E-state index is -4.13. The molecule has 5 heteroatoms. The van der Waals surface area contributed by atoms with Crippen LogP contribution in [-0.4, -0.2) is 19.3 Å². The van der Waals surface area contributed by atoms with Gasteiger partial charge in [0.25, 0.3) is 0 Å². The van der Waals surface area contributed by atoms with Gasteiger partial charge in [0.2, 0.25) is 0 Å². The number of ether oxygens (including phenoxy) is 1. The van der Waals surface area contributed by atoms with Gasteiger partial charge in [0.05, 0.1) is 6.61 Å². The van der Waals surface area contributed by atoms with Crippen LogP contribution >= 0.6 is 0 Å². The molecule has 21 heavy (non-hydrogen) atoms. The predicted octanol–water partition coefficient (Wildman–Crippen LogP) is 4.06. The Morgan fingerprint density at radius 3 is 2.52 bits per heavy atom. The van der Waals surface area contributed by atoms with Gasteiger partial charge < -0.3 is 10.5 Å². The van der Waals surface area contributed by atoms with Crippen LogP contribution in [0.5, 0.6) is 5.75 Å². The molecule has 0 amide bonds. The third-order valence-electron chi connectivity index (χ3n) is 3.25. The zero-order valence-corrected chi connectivity index (χ0v) is 11.6. The van der Waals surface area contributed by atoms with Crippen molar-refractivity contribution in [2.45, 2.75) is 25.4 Å². The predicted molar refractivity (Wildman–Crippen MR) is 77.5 cm³/mol. The number of fused-ring (bicyclic) bond motifs is 1. The Balaban J connectivity index is 2.13. The van der Waals surface area contributed by atoms with Crippen LogP contribution in [0.25, 0.3) is 10.8 Å². The third kappa shape index (κ3) is 4.36. The standard InChI is InChI=1S/C16H18F3NO/c17-16(18,19)9-3-11-21-15-7-6-12-4-1-2-5-13(12)14(15)8-10-20/h1-2,4-7H,3,8-11,20H2. The highest BCUT2D eigenvalue weighted by molar-refractivity contribution is 5.87. The molecule has 0 spiro atoms. The number of rotatable bonds is 6. The fourth-order valence-corrected chi connectivity index (χ4v) is 2.31. The van der Waals surface area contributed by atoms with Gasteiger partial charge in [-0.15, -0.1) is 0 Å². The molecule has 0 saturated heterocycles. The van der Waals surface area contributed by atoms with Crippen molar-refractivity contribution in [1.82, 2.24) is 0 Å². The number of halogens is 3. The van der Waals surface area contributed by atoms with Crippen molar-refractivity contribution in [3.05, 3.63) is 42.0 Å².